The molecular weight excluding hydrogens is 404 g/mol. The summed E-state index contributed by atoms with van der Waals surface area (Å²) in [6, 6.07) is 13.2. The van der Waals surface area contributed by atoms with Gasteiger partial charge in [0, 0.05) is 12.0 Å². The van der Waals surface area contributed by atoms with Crippen LogP contribution in [0.3, 0.4) is 0 Å². The van der Waals surface area contributed by atoms with Gasteiger partial charge in [-0.3, -0.25) is 0 Å². The zero-order chi connectivity index (χ0) is 23.2. The number of ether oxygens (including phenoxy) is 1. The van der Waals surface area contributed by atoms with Crippen molar-refractivity contribution in [3.8, 4) is 17.2 Å². The molecule has 0 saturated carbocycles. The molecule has 0 fully saturated rings. The molecule has 0 aliphatic carbocycles. The smallest absolute Gasteiger partial charge is 0.258 e. The van der Waals surface area contributed by atoms with E-state index in [-0.39, 0.29) is 11.5 Å². The van der Waals surface area contributed by atoms with Crippen molar-refractivity contribution in [3.05, 3.63) is 53.6 Å². The fourth-order valence-electron chi connectivity index (χ4n) is 4.60. The molecule has 0 aliphatic heterocycles. The van der Waals surface area contributed by atoms with Crippen molar-refractivity contribution in [2.45, 2.75) is 84.5 Å². The first-order valence-corrected chi connectivity index (χ1v) is 13.4. The Bertz CT molecular complexity index is 852. The minimum atomic E-state index is -2.13. The van der Waals surface area contributed by atoms with Crippen LogP contribution in [0.1, 0.15) is 66.0 Å². The lowest BCUT2D eigenvalue weighted by atomic mass is 10.0. The molecule has 4 nitrogen and oxygen atoms in total. The number of phenols is 1. The van der Waals surface area contributed by atoms with E-state index in [2.05, 4.69) is 53.7 Å². The number of para-hydroxylation sites is 2. The molecule has 0 saturated heterocycles. The summed E-state index contributed by atoms with van der Waals surface area (Å²) in [6.07, 6.45) is 1.21. The van der Waals surface area contributed by atoms with Crippen LogP contribution < -0.4 is 9.16 Å². The molecule has 0 spiro atoms. The number of phenolic OH excluding ortho intramolecular Hbond substituents is 1. The number of benzene rings is 2. The summed E-state index contributed by atoms with van der Waals surface area (Å²) in [5.41, 5.74) is 3.40. The molecule has 0 heterocycles. The Labute approximate surface area is 188 Å². The topological polar surface area (TPSA) is 55.8 Å². The maximum Gasteiger partial charge on any atom is 0.258 e. The monoisotopic (exact) mass is 442 g/mol. The lowest BCUT2D eigenvalue weighted by Gasteiger charge is -2.42. The van der Waals surface area contributed by atoms with Crippen LogP contribution in [-0.4, -0.2) is 19.2 Å². The Morgan fingerprint density at radius 3 is 2.10 bits per heavy atom. The highest BCUT2D eigenvalue weighted by molar-refractivity contribution is 6.78. The normalized spacial score (nSPS) is 11.9. The second-order valence-corrected chi connectivity index (χ2v) is 14.7. The minimum absolute atomic E-state index is 0.118. The van der Waals surface area contributed by atoms with Crippen molar-refractivity contribution in [2.75, 3.05) is 0 Å². The standard InChI is InChI=1S/C26H38O4Si/c1-18(2)31(19(3)4,20(5)6)30-25-15-14-22(13-12-21(7)27)16-23(25)17-29-26-11-9-8-10-24(26)28/h8-11,14-16,18-20,28H,12-13,17H2,1-7H3. The molecule has 170 valence electrons. The van der Waals surface area contributed by atoms with Crippen LogP contribution in [0.4, 0.5) is 0 Å². The first kappa shape index (κ1) is 25.0. The summed E-state index contributed by atoms with van der Waals surface area (Å²) in [7, 11) is -2.13. The molecular formula is C26H38O4Si. The number of Topliss-reactive ketones (excluding diaryl/α,β-unsaturated/α-hetero) is 1. The number of hydrogen-bond acceptors (Lipinski definition) is 4. The average molecular weight is 443 g/mol. The van der Waals surface area contributed by atoms with Crippen LogP contribution in [0.25, 0.3) is 0 Å². The third kappa shape index (κ3) is 6.13. The zero-order valence-electron chi connectivity index (χ0n) is 20.1. The number of ketones is 1. The van der Waals surface area contributed by atoms with Gasteiger partial charge < -0.3 is 19.1 Å². The van der Waals surface area contributed by atoms with Crippen LogP contribution in [0, 0.1) is 0 Å². The third-order valence-electron chi connectivity index (χ3n) is 6.13. The molecule has 0 bridgehead atoms. The minimum Gasteiger partial charge on any atom is -0.542 e. The molecule has 1 N–H and O–H groups in total. The molecule has 0 radical (unpaired) electrons. The molecule has 0 aromatic heterocycles. The zero-order valence-corrected chi connectivity index (χ0v) is 21.1. The van der Waals surface area contributed by atoms with Gasteiger partial charge in [0.2, 0.25) is 0 Å². The highest BCUT2D eigenvalue weighted by atomic mass is 28.4. The Morgan fingerprint density at radius 2 is 1.55 bits per heavy atom. The quantitative estimate of drug-likeness (QED) is 0.379. The highest BCUT2D eigenvalue weighted by Crippen LogP contribution is 2.43. The van der Waals surface area contributed by atoms with Crippen molar-refractivity contribution in [1.82, 2.24) is 0 Å². The van der Waals surface area contributed by atoms with E-state index < -0.39 is 8.32 Å². The number of carbonyl (C=O) groups excluding carboxylic acids is 1. The summed E-state index contributed by atoms with van der Waals surface area (Å²) in [5, 5.41) is 10.1. The predicted octanol–water partition coefficient (Wildman–Crippen LogP) is 7.05. The van der Waals surface area contributed by atoms with Crippen LogP contribution in [0.15, 0.2) is 42.5 Å². The SMILES string of the molecule is CC(=O)CCc1ccc(O[Si](C(C)C)(C(C)C)C(C)C)c(COc2ccccc2O)c1. The Morgan fingerprint density at radius 1 is 0.935 bits per heavy atom. The van der Waals surface area contributed by atoms with E-state index in [1.807, 2.05) is 12.1 Å². The fraction of sp³-hybridized carbons (Fsp3) is 0.500. The van der Waals surface area contributed by atoms with Gasteiger partial charge in [0.25, 0.3) is 8.32 Å². The van der Waals surface area contributed by atoms with E-state index in [0.717, 1.165) is 16.9 Å². The fourth-order valence-corrected chi connectivity index (χ4v) is 9.89. The van der Waals surface area contributed by atoms with Crippen molar-refractivity contribution in [2.24, 2.45) is 0 Å². The van der Waals surface area contributed by atoms with Crippen molar-refractivity contribution < 1.29 is 19.1 Å². The molecule has 0 amide bonds. The molecule has 0 atom stereocenters. The van der Waals surface area contributed by atoms with Crippen LogP contribution in [0.5, 0.6) is 17.2 Å². The first-order valence-electron chi connectivity index (χ1n) is 11.3. The van der Waals surface area contributed by atoms with Crippen LogP contribution in [-0.2, 0) is 17.8 Å². The second-order valence-electron chi connectivity index (χ2n) is 9.32. The molecule has 2 aromatic carbocycles. The highest BCUT2D eigenvalue weighted by Gasteiger charge is 2.47. The van der Waals surface area contributed by atoms with Crippen molar-refractivity contribution in [1.29, 1.82) is 0 Å². The Kier molecular flexibility index (Phi) is 8.75. The average Bonchev–Trinajstić information content (AvgIpc) is 2.69. The molecule has 31 heavy (non-hydrogen) atoms. The van der Waals surface area contributed by atoms with Gasteiger partial charge in [0.15, 0.2) is 11.5 Å². The predicted molar refractivity (Wildman–Crippen MR) is 130 cm³/mol. The van der Waals surface area contributed by atoms with Gasteiger partial charge in [-0.25, -0.2) is 0 Å². The molecule has 0 aliphatic rings. The van der Waals surface area contributed by atoms with E-state index in [4.69, 9.17) is 9.16 Å². The van der Waals surface area contributed by atoms with E-state index >= 15 is 0 Å². The van der Waals surface area contributed by atoms with Gasteiger partial charge in [0.05, 0.1) is 0 Å². The van der Waals surface area contributed by atoms with E-state index in [1.54, 1.807) is 25.1 Å². The lowest BCUT2D eigenvalue weighted by Crippen LogP contribution is -2.50. The van der Waals surface area contributed by atoms with Crippen LogP contribution in [0.2, 0.25) is 16.6 Å². The van der Waals surface area contributed by atoms with Gasteiger partial charge in [-0.15, -0.1) is 0 Å². The summed E-state index contributed by atoms with van der Waals surface area (Å²) in [4.78, 5) is 11.5. The van der Waals surface area contributed by atoms with E-state index in [0.29, 0.717) is 41.8 Å². The molecule has 2 aromatic rings. The van der Waals surface area contributed by atoms with Gasteiger partial charge in [-0.2, -0.15) is 0 Å². The Balaban J connectivity index is 2.42. The number of rotatable bonds is 11. The number of carbonyl (C=O) groups is 1. The van der Waals surface area contributed by atoms with Gasteiger partial charge in [-0.1, -0.05) is 59.7 Å². The Hall–Kier alpha value is -2.27. The van der Waals surface area contributed by atoms with E-state index in [1.165, 1.54) is 0 Å². The number of aromatic hydroxyl groups is 1. The first-order chi connectivity index (χ1) is 14.6. The summed E-state index contributed by atoms with van der Waals surface area (Å²) < 4.78 is 12.9. The maximum absolute atomic E-state index is 11.5. The molecule has 2 rings (SSSR count). The largest absolute Gasteiger partial charge is 0.542 e. The summed E-state index contributed by atoms with van der Waals surface area (Å²) in [5.74, 6) is 1.60. The molecule has 0 unspecified atom stereocenters. The number of aryl methyl sites for hydroxylation is 1. The van der Waals surface area contributed by atoms with Crippen LogP contribution >= 0.6 is 0 Å². The summed E-state index contributed by atoms with van der Waals surface area (Å²) >= 11 is 0. The van der Waals surface area contributed by atoms with Gasteiger partial charge in [-0.05, 0) is 59.8 Å². The van der Waals surface area contributed by atoms with Crippen molar-refractivity contribution in [3.63, 3.8) is 0 Å². The number of hydrogen-bond donors (Lipinski definition) is 1. The van der Waals surface area contributed by atoms with Gasteiger partial charge >= 0.3 is 0 Å². The maximum atomic E-state index is 11.5. The molecule has 5 heteroatoms. The summed E-state index contributed by atoms with van der Waals surface area (Å²) in [6.45, 7) is 15.5. The van der Waals surface area contributed by atoms with Crippen molar-refractivity contribution >= 4 is 14.1 Å². The van der Waals surface area contributed by atoms with E-state index in [9.17, 15) is 9.90 Å². The van der Waals surface area contributed by atoms with Gasteiger partial charge in [0.1, 0.15) is 18.1 Å². The lowest BCUT2D eigenvalue weighted by molar-refractivity contribution is -0.116. The second kappa shape index (κ2) is 10.8. The third-order valence-corrected chi connectivity index (χ3v) is 12.1.